The molecule has 1 atom stereocenters. The molecule has 0 bridgehead atoms. The predicted octanol–water partition coefficient (Wildman–Crippen LogP) is 3.10. The zero-order valence-electron chi connectivity index (χ0n) is 16.8. The van der Waals surface area contributed by atoms with Crippen molar-refractivity contribution in [3.05, 3.63) is 35.4 Å². The van der Waals surface area contributed by atoms with Crippen molar-refractivity contribution in [3.8, 4) is 0 Å². The molecule has 3 rings (SSSR count). The zero-order valence-corrected chi connectivity index (χ0v) is 16.8. The van der Waals surface area contributed by atoms with Gasteiger partial charge in [-0.3, -0.25) is 4.79 Å². The van der Waals surface area contributed by atoms with Crippen LogP contribution in [0.4, 0.5) is 0 Å². The molecule has 1 aromatic rings. The number of nitrogens with zero attached hydrogens (tertiary/aromatic N) is 2. The SMILES string of the molecule is CCNC(=NCc1ccccc1CC)NC1CCN(C(=O)C2CCCC2)C1. The Morgan fingerprint density at radius 2 is 1.89 bits per heavy atom. The fraction of sp³-hybridized carbons (Fsp3) is 0.636. The Morgan fingerprint density at radius 3 is 2.59 bits per heavy atom. The van der Waals surface area contributed by atoms with Crippen LogP contribution < -0.4 is 10.6 Å². The summed E-state index contributed by atoms with van der Waals surface area (Å²) in [6, 6.07) is 8.78. The minimum absolute atomic E-state index is 0.274. The number of hydrogen-bond donors (Lipinski definition) is 2. The first-order chi connectivity index (χ1) is 13.2. The molecule has 1 aliphatic carbocycles. The van der Waals surface area contributed by atoms with Crippen molar-refractivity contribution in [1.29, 1.82) is 0 Å². The molecule has 148 valence electrons. The lowest BCUT2D eigenvalue weighted by Gasteiger charge is -2.21. The van der Waals surface area contributed by atoms with Gasteiger partial charge in [-0.05, 0) is 43.7 Å². The van der Waals surface area contributed by atoms with E-state index in [1.165, 1.54) is 24.0 Å². The van der Waals surface area contributed by atoms with Crippen LogP contribution in [0.2, 0.25) is 0 Å². The van der Waals surface area contributed by atoms with Crippen molar-refractivity contribution in [2.75, 3.05) is 19.6 Å². The van der Waals surface area contributed by atoms with Crippen molar-refractivity contribution in [2.45, 2.75) is 65.0 Å². The van der Waals surface area contributed by atoms with Crippen molar-refractivity contribution in [2.24, 2.45) is 10.9 Å². The number of nitrogens with one attached hydrogen (secondary N) is 2. The summed E-state index contributed by atoms with van der Waals surface area (Å²) in [6.45, 7) is 7.44. The highest BCUT2D eigenvalue weighted by Crippen LogP contribution is 2.27. The minimum atomic E-state index is 0.274. The van der Waals surface area contributed by atoms with E-state index >= 15 is 0 Å². The first-order valence-corrected chi connectivity index (χ1v) is 10.6. The van der Waals surface area contributed by atoms with Gasteiger partial charge in [-0.25, -0.2) is 4.99 Å². The number of aryl methyl sites for hydroxylation is 1. The molecule has 1 saturated heterocycles. The van der Waals surface area contributed by atoms with Crippen molar-refractivity contribution in [1.82, 2.24) is 15.5 Å². The zero-order chi connectivity index (χ0) is 19.1. The van der Waals surface area contributed by atoms with E-state index in [1.54, 1.807) is 0 Å². The summed E-state index contributed by atoms with van der Waals surface area (Å²) < 4.78 is 0. The van der Waals surface area contributed by atoms with E-state index in [2.05, 4.69) is 53.6 Å². The molecule has 2 fully saturated rings. The van der Waals surface area contributed by atoms with Crippen molar-refractivity contribution in [3.63, 3.8) is 0 Å². The van der Waals surface area contributed by atoms with Crippen LogP contribution in [0, 0.1) is 5.92 Å². The highest BCUT2D eigenvalue weighted by atomic mass is 16.2. The molecule has 1 heterocycles. The van der Waals surface area contributed by atoms with Crippen LogP contribution in [0.1, 0.15) is 57.1 Å². The maximum atomic E-state index is 12.6. The number of aliphatic imine (C=N–C) groups is 1. The molecule has 0 spiro atoms. The smallest absolute Gasteiger partial charge is 0.225 e. The fourth-order valence-electron chi connectivity index (χ4n) is 4.24. The van der Waals surface area contributed by atoms with Crippen LogP contribution in [0.5, 0.6) is 0 Å². The summed E-state index contributed by atoms with van der Waals surface area (Å²) in [6.07, 6.45) is 6.60. The van der Waals surface area contributed by atoms with E-state index < -0.39 is 0 Å². The molecule has 1 unspecified atom stereocenters. The van der Waals surface area contributed by atoms with Gasteiger partial charge >= 0.3 is 0 Å². The number of hydrogen-bond acceptors (Lipinski definition) is 2. The average molecular weight is 371 g/mol. The van der Waals surface area contributed by atoms with Crippen molar-refractivity contribution >= 4 is 11.9 Å². The molecule has 5 nitrogen and oxygen atoms in total. The Kier molecular flexibility index (Phi) is 7.13. The summed E-state index contributed by atoms with van der Waals surface area (Å²) in [7, 11) is 0. The first-order valence-electron chi connectivity index (χ1n) is 10.6. The third-order valence-electron chi connectivity index (χ3n) is 5.80. The van der Waals surface area contributed by atoms with Gasteiger partial charge in [-0.15, -0.1) is 0 Å². The number of rotatable bonds is 6. The molecule has 1 amide bonds. The molecular formula is C22H34N4O. The van der Waals surface area contributed by atoms with E-state index in [-0.39, 0.29) is 12.0 Å². The molecule has 1 aromatic carbocycles. The normalized spacial score (nSPS) is 20.9. The fourth-order valence-corrected chi connectivity index (χ4v) is 4.24. The first kappa shape index (κ1) is 19.7. The van der Waals surface area contributed by atoms with E-state index in [1.807, 2.05) is 0 Å². The van der Waals surface area contributed by atoms with Crippen LogP contribution in [0.25, 0.3) is 0 Å². The second-order valence-electron chi connectivity index (χ2n) is 7.71. The highest BCUT2D eigenvalue weighted by Gasteiger charge is 2.32. The molecule has 2 aliphatic rings. The highest BCUT2D eigenvalue weighted by molar-refractivity contribution is 5.81. The Morgan fingerprint density at radius 1 is 1.15 bits per heavy atom. The summed E-state index contributed by atoms with van der Waals surface area (Å²) in [4.78, 5) is 19.5. The number of carbonyl (C=O) groups excluding carboxylic acids is 1. The minimum Gasteiger partial charge on any atom is -0.357 e. The van der Waals surface area contributed by atoms with Gasteiger partial charge in [0.25, 0.3) is 0 Å². The summed E-state index contributed by atoms with van der Waals surface area (Å²) >= 11 is 0. The maximum absolute atomic E-state index is 12.6. The summed E-state index contributed by atoms with van der Waals surface area (Å²) in [5.74, 6) is 1.50. The molecule has 5 heteroatoms. The summed E-state index contributed by atoms with van der Waals surface area (Å²) in [5, 5.41) is 6.90. The maximum Gasteiger partial charge on any atom is 0.225 e. The van der Waals surface area contributed by atoms with Crippen LogP contribution in [-0.4, -0.2) is 42.4 Å². The van der Waals surface area contributed by atoms with Gasteiger partial charge in [0.1, 0.15) is 0 Å². The summed E-state index contributed by atoms with van der Waals surface area (Å²) in [5.41, 5.74) is 2.63. The largest absolute Gasteiger partial charge is 0.357 e. The van der Waals surface area contributed by atoms with Crippen LogP contribution >= 0.6 is 0 Å². The van der Waals surface area contributed by atoms with Gasteiger partial charge in [0, 0.05) is 31.6 Å². The third kappa shape index (κ3) is 5.24. The molecule has 27 heavy (non-hydrogen) atoms. The lowest BCUT2D eigenvalue weighted by molar-refractivity contribution is -0.134. The second kappa shape index (κ2) is 9.77. The van der Waals surface area contributed by atoms with E-state index in [9.17, 15) is 4.79 Å². The Bertz CT molecular complexity index is 651. The third-order valence-corrected chi connectivity index (χ3v) is 5.80. The molecule has 1 aliphatic heterocycles. The van der Waals surface area contributed by atoms with Crippen LogP contribution in [0.15, 0.2) is 29.3 Å². The van der Waals surface area contributed by atoms with E-state index in [0.717, 1.165) is 51.3 Å². The number of guanidine groups is 1. The molecular weight excluding hydrogens is 336 g/mol. The van der Waals surface area contributed by atoms with Gasteiger partial charge in [-0.2, -0.15) is 0 Å². The van der Waals surface area contributed by atoms with Gasteiger partial charge in [0.2, 0.25) is 5.91 Å². The van der Waals surface area contributed by atoms with Gasteiger partial charge < -0.3 is 15.5 Å². The van der Waals surface area contributed by atoms with Crippen LogP contribution in [0.3, 0.4) is 0 Å². The number of likely N-dealkylation sites (tertiary alicyclic amines) is 1. The topological polar surface area (TPSA) is 56.7 Å². The number of benzene rings is 1. The Hall–Kier alpha value is -2.04. The lowest BCUT2D eigenvalue weighted by atomic mass is 10.1. The Balaban J connectivity index is 1.57. The Labute approximate surface area is 163 Å². The van der Waals surface area contributed by atoms with Crippen LogP contribution in [-0.2, 0) is 17.8 Å². The molecule has 1 saturated carbocycles. The molecule has 0 radical (unpaired) electrons. The average Bonchev–Trinajstić information content (AvgIpc) is 3.38. The predicted molar refractivity (Wildman–Crippen MR) is 111 cm³/mol. The van der Waals surface area contributed by atoms with Gasteiger partial charge in [0.15, 0.2) is 5.96 Å². The van der Waals surface area contributed by atoms with E-state index in [4.69, 9.17) is 4.99 Å². The standard InChI is InChI=1S/C22H34N4O/c1-3-17-9-5-8-12-19(17)15-24-22(23-4-2)25-20-13-14-26(16-20)21(27)18-10-6-7-11-18/h5,8-9,12,18,20H,3-4,6-7,10-11,13-16H2,1-2H3,(H2,23,24,25). The van der Waals surface area contributed by atoms with Crippen molar-refractivity contribution < 1.29 is 4.79 Å². The van der Waals surface area contributed by atoms with Gasteiger partial charge in [-0.1, -0.05) is 44.0 Å². The van der Waals surface area contributed by atoms with Gasteiger partial charge in [0.05, 0.1) is 6.54 Å². The monoisotopic (exact) mass is 370 g/mol. The second-order valence-corrected chi connectivity index (χ2v) is 7.71. The number of amides is 1. The quantitative estimate of drug-likeness (QED) is 0.598. The lowest BCUT2D eigenvalue weighted by Crippen LogP contribution is -2.45. The molecule has 0 aromatic heterocycles. The molecule has 2 N–H and O–H groups in total. The number of carbonyl (C=O) groups is 1. The van der Waals surface area contributed by atoms with E-state index in [0.29, 0.717) is 12.5 Å².